The normalized spacial score (nSPS) is 13.6. The molecule has 0 aliphatic carbocycles. The molecule has 8 nitrogen and oxygen atoms in total. The summed E-state index contributed by atoms with van der Waals surface area (Å²) in [6.45, 7) is 7.53. The summed E-state index contributed by atoms with van der Waals surface area (Å²) in [5.41, 5.74) is 1.76. The van der Waals surface area contributed by atoms with Crippen molar-refractivity contribution < 1.29 is 5.11 Å². The molecule has 0 bridgehead atoms. The number of aromatic nitrogens is 4. The zero-order valence-electron chi connectivity index (χ0n) is 19.1. The minimum atomic E-state index is -0.240. The van der Waals surface area contributed by atoms with Gasteiger partial charge in [0, 0.05) is 32.7 Å². The Labute approximate surface area is 187 Å². The smallest absolute Gasteiger partial charge is 0.332 e. The van der Waals surface area contributed by atoms with E-state index in [0.29, 0.717) is 24.3 Å². The van der Waals surface area contributed by atoms with E-state index in [1.807, 2.05) is 16.7 Å². The average Bonchev–Trinajstić information content (AvgIpc) is 3.19. The van der Waals surface area contributed by atoms with Crippen LogP contribution in [0, 0.1) is 0 Å². The van der Waals surface area contributed by atoms with E-state index >= 15 is 0 Å². The molecule has 0 fully saturated rings. The van der Waals surface area contributed by atoms with Crippen LogP contribution in [0.4, 0.5) is 5.95 Å². The summed E-state index contributed by atoms with van der Waals surface area (Å²) in [6, 6.07) is 7.26. The number of benzene rings is 1. The summed E-state index contributed by atoms with van der Waals surface area (Å²) in [4.78, 5) is 33.6. The van der Waals surface area contributed by atoms with Crippen molar-refractivity contribution in [3.8, 4) is 5.75 Å². The van der Waals surface area contributed by atoms with Gasteiger partial charge >= 0.3 is 5.69 Å². The van der Waals surface area contributed by atoms with E-state index in [9.17, 15) is 14.7 Å². The van der Waals surface area contributed by atoms with Crippen molar-refractivity contribution in [2.24, 2.45) is 0 Å². The summed E-state index contributed by atoms with van der Waals surface area (Å²) in [5, 5.41) is 9.51. The van der Waals surface area contributed by atoms with Gasteiger partial charge in [-0.2, -0.15) is 4.98 Å². The van der Waals surface area contributed by atoms with E-state index in [0.717, 1.165) is 69.7 Å². The minimum Gasteiger partial charge on any atom is -0.508 e. The first kappa shape index (κ1) is 22.2. The zero-order chi connectivity index (χ0) is 22.7. The maximum absolute atomic E-state index is 13.4. The van der Waals surface area contributed by atoms with Gasteiger partial charge in [0.25, 0.3) is 5.56 Å². The molecular formula is C24H33N5O3. The van der Waals surface area contributed by atoms with Gasteiger partial charge in [0.1, 0.15) is 5.75 Å². The number of rotatable bonds is 9. The van der Waals surface area contributed by atoms with Crippen LogP contribution in [0.2, 0.25) is 0 Å². The number of phenols is 1. The predicted octanol–water partition coefficient (Wildman–Crippen LogP) is 3.12. The number of aromatic hydroxyl groups is 1. The van der Waals surface area contributed by atoms with Gasteiger partial charge in [-0.1, -0.05) is 38.8 Å². The number of unbranched alkanes of at least 4 members (excludes halogenated alkanes) is 2. The van der Waals surface area contributed by atoms with E-state index in [1.165, 1.54) is 4.57 Å². The van der Waals surface area contributed by atoms with Crippen LogP contribution in [-0.2, 0) is 26.1 Å². The van der Waals surface area contributed by atoms with Crippen LogP contribution in [-0.4, -0.2) is 36.9 Å². The lowest BCUT2D eigenvalue weighted by Crippen LogP contribution is -2.41. The molecule has 1 aliphatic heterocycles. The molecule has 0 atom stereocenters. The number of phenolic OH excluding ortho intramolecular Hbond substituents is 1. The Morgan fingerprint density at radius 3 is 2.31 bits per heavy atom. The second-order valence-corrected chi connectivity index (χ2v) is 8.59. The Morgan fingerprint density at radius 2 is 1.62 bits per heavy atom. The SMILES string of the molecule is CCCCn1c(=O)c2c(nc3n2CCCN3CCc2ccc(O)cc2)n(CCCC)c1=O. The molecular weight excluding hydrogens is 406 g/mol. The van der Waals surface area contributed by atoms with E-state index < -0.39 is 0 Å². The molecule has 0 saturated heterocycles. The Balaban J connectivity index is 1.76. The van der Waals surface area contributed by atoms with Gasteiger partial charge in [0.2, 0.25) is 5.95 Å². The second-order valence-electron chi connectivity index (χ2n) is 8.59. The number of imidazole rings is 1. The summed E-state index contributed by atoms with van der Waals surface area (Å²) < 4.78 is 5.13. The molecule has 1 N–H and O–H groups in total. The Kier molecular flexibility index (Phi) is 6.67. The van der Waals surface area contributed by atoms with Gasteiger partial charge in [0.15, 0.2) is 11.2 Å². The van der Waals surface area contributed by atoms with Crippen molar-refractivity contribution in [3.05, 3.63) is 50.7 Å². The van der Waals surface area contributed by atoms with E-state index in [1.54, 1.807) is 16.7 Å². The summed E-state index contributed by atoms with van der Waals surface area (Å²) in [7, 11) is 0. The van der Waals surface area contributed by atoms with Crippen molar-refractivity contribution in [1.29, 1.82) is 0 Å². The van der Waals surface area contributed by atoms with Crippen LogP contribution in [0.1, 0.15) is 51.5 Å². The monoisotopic (exact) mass is 439 g/mol. The molecule has 0 spiro atoms. The lowest BCUT2D eigenvalue weighted by Gasteiger charge is -2.29. The topological polar surface area (TPSA) is 85.3 Å². The first-order valence-corrected chi connectivity index (χ1v) is 11.8. The van der Waals surface area contributed by atoms with Gasteiger partial charge < -0.3 is 14.6 Å². The number of anilines is 1. The molecule has 1 aromatic carbocycles. The second kappa shape index (κ2) is 9.63. The molecule has 2 aromatic heterocycles. The van der Waals surface area contributed by atoms with Crippen LogP contribution in [0.3, 0.4) is 0 Å². The standard InChI is InChI=1S/C24H33N5O3/c1-3-5-14-28-21-20(22(31)29(24(28)32)15-6-4-2)27-16-7-13-26(23(27)25-21)17-12-18-8-10-19(30)11-9-18/h8-11,30H,3-7,12-17H2,1-2H3. The Bertz CT molecular complexity index is 1190. The van der Waals surface area contributed by atoms with Gasteiger partial charge in [-0.3, -0.25) is 13.9 Å². The van der Waals surface area contributed by atoms with Crippen molar-refractivity contribution >= 4 is 17.1 Å². The zero-order valence-corrected chi connectivity index (χ0v) is 19.1. The third kappa shape index (κ3) is 4.18. The summed E-state index contributed by atoms with van der Waals surface area (Å²) in [5.74, 6) is 1.04. The van der Waals surface area contributed by atoms with E-state index in [2.05, 4.69) is 18.7 Å². The molecule has 1 aliphatic rings. The number of hydrogen-bond acceptors (Lipinski definition) is 5. The maximum Gasteiger partial charge on any atom is 0.332 e. The number of fused-ring (bicyclic) bond motifs is 3. The van der Waals surface area contributed by atoms with Crippen LogP contribution in [0.15, 0.2) is 33.9 Å². The molecule has 172 valence electrons. The third-order valence-corrected chi connectivity index (χ3v) is 6.26. The molecule has 0 radical (unpaired) electrons. The fourth-order valence-electron chi connectivity index (χ4n) is 4.42. The summed E-state index contributed by atoms with van der Waals surface area (Å²) >= 11 is 0. The first-order chi connectivity index (χ1) is 15.5. The molecule has 3 aromatic rings. The Hall–Kier alpha value is -3.03. The molecule has 4 rings (SSSR count). The van der Waals surface area contributed by atoms with Gasteiger partial charge in [0.05, 0.1) is 0 Å². The number of nitrogens with zero attached hydrogens (tertiary/aromatic N) is 5. The quantitative estimate of drug-likeness (QED) is 0.554. The highest BCUT2D eigenvalue weighted by Gasteiger charge is 2.26. The van der Waals surface area contributed by atoms with Crippen LogP contribution in [0.5, 0.6) is 5.75 Å². The van der Waals surface area contributed by atoms with Crippen molar-refractivity contribution in [2.75, 3.05) is 18.0 Å². The predicted molar refractivity (Wildman–Crippen MR) is 127 cm³/mol. The van der Waals surface area contributed by atoms with Crippen LogP contribution in [0.25, 0.3) is 11.2 Å². The first-order valence-electron chi connectivity index (χ1n) is 11.8. The fourth-order valence-corrected chi connectivity index (χ4v) is 4.42. The van der Waals surface area contributed by atoms with Crippen molar-refractivity contribution in [1.82, 2.24) is 18.7 Å². The molecule has 0 amide bonds. The lowest BCUT2D eigenvalue weighted by atomic mass is 10.1. The van der Waals surface area contributed by atoms with Gasteiger partial charge in [-0.25, -0.2) is 4.79 Å². The highest BCUT2D eigenvalue weighted by Crippen LogP contribution is 2.25. The van der Waals surface area contributed by atoms with E-state index in [-0.39, 0.29) is 17.0 Å². The maximum atomic E-state index is 13.4. The van der Waals surface area contributed by atoms with Crippen LogP contribution >= 0.6 is 0 Å². The van der Waals surface area contributed by atoms with Crippen LogP contribution < -0.4 is 16.1 Å². The fraction of sp³-hybridized carbons (Fsp3) is 0.542. The molecule has 0 unspecified atom stereocenters. The lowest BCUT2D eigenvalue weighted by molar-refractivity contribution is 0.475. The molecule has 32 heavy (non-hydrogen) atoms. The highest BCUT2D eigenvalue weighted by molar-refractivity contribution is 5.75. The number of hydrogen-bond donors (Lipinski definition) is 1. The minimum absolute atomic E-state index is 0.217. The third-order valence-electron chi connectivity index (χ3n) is 6.26. The largest absolute Gasteiger partial charge is 0.508 e. The van der Waals surface area contributed by atoms with E-state index in [4.69, 9.17) is 4.98 Å². The van der Waals surface area contributed by atoms with Gasteiger partial charge in [-0.05, 0) is 43.4 Å². The molecule has 8 heteroatoms. The molecule has 0 saturated carbocycles. The number of aryl methyl sites for hydroxylation is 2. The summed E-state index contributed by atoms with van der Waals surface area (Å²) in [6.07, 6.45) is 5.30. The Morgan fingerprint density at radius 1 is 0.938 bits per heavy atom. The highest BCUT2D eigenvalue weighted by atomic mass is 16.3. The van der Waals surface area contributed by atoms with Crippen molar-refractivity contribution in [2.45, 2.75) is 72.0 Å². The molecule has 3 heterocycles. The average molecular weight is 440 g/mol. The van der Waals surface area contributed by atoms with Crippen molar-refractivity contribution in [3.63, 3.8) is 0 Å². The van der Waals surface area contributed by atoms with Gasteiger partial charge in [-0.15, -0.1) is 0 Å².